The summed E-state index contributed by atoms with van der Waals surface area (Å²) in [6.45, 7) is 8.00. The van der Waals surface area contributed by atoms with E-state index < -0.39 is 0 Å². The number of rotatable bonds is 3. The first-order valence-corrected chi connectivity index (χ1v) is 6.06. The van der Waals surface area contributed by atoms with Gasteiger partial charge in [0.1, 0.15) is 22.3 Å². The van der Waals surface area contributed by atoms with Gasteiger partial charge in [0.05, 0.1) is 21.3 Å². The van der Waals surface area contributed by atoms with Gasteiger partial charge in [-0.1, -0.05) is 39.3 Å². The molecule has 0 saturated heterocycles. The average molecular weight is 263 g/mol. The fourth-order valence-electron chi connectivity index (χ4n) is 0.963. The topological polar surface area (TPSA) is 27.7 Å². The van der Waals surface area contributed by atoms with Crippen LogP contribution in [-0.2, 0) is 0 Å². The Balaban J connectivity index is 0. The van der Waals surface area contributed by atoms with Gasteiger partial charge in [-0.2, -0.15) is 0 Å². The summed E-state index contributed by atoms with van der Waals surface area (Å²) in [5.74, 6) is 1.73. The molecular weight excluding hydrogens is 240 g/mol. The van der Waals surface area contributed by atoms with Crippen molar-refractivity contribution < 1.29 is 14.2 Å². The summed E-state index contributed by atoms with van der Waals surface area (Å²) in [6, 6.07) is 3.40. The molecule has 0 heterocycles. The van der Waals surface area contributed by atoms with Crippen molar-refractivity contribution in [1.82, 2.24) is 0 Å². The number of ether oxygens (including phenoxy) is 3. The summed E-state index contributed by atoms with van der Waals surface area (Å²) in [5, 5.41) is 0.450. The first-order chi connectivity index (χ1) is 8.22. The van der Waals surface area contributed by atoms with Crippen molar-refractivity contribution in [3.8, 4) is 17.2 Å². The standard InChI is InChI=1S/C9H11ClO3.2C2H6/c1-11-6-4-7(12-2)9(10)8(5-6)13-3;2*1-2/h4-5H,1-3H3;2*1-2H3. The second kappa shape index (κ2) is 11.4. The number of halogens is 1. The summed E-state index contributed by atoms with van der Waals surface area (Å²) in [6.07, 6.45) is 0. The van der Waals surface area contributed by atoms with Gasteiger partial charge >= 0.3 is 0 Å². The molecule has 0 saturated carbocycles. The van der Waals surface area contributed by atoms with E-state index in [9.17, 15) is 0 Å². The molecule has 0 N–H and O–H groups in total. The van der Waals surface area contributed by atoms with Crippen LogP contribution < -0.4 is 14.2 Å². The van der Waals surface area contributed by atoms with Crippen LogP contribution in [0.5, 0.6) is 17.2 Å². The van der Waals surface area contributed by atoms with Crippen molar-refractivity contribution in [2.24, 2.45) is 0 Å². The van der Waals surface area contributed by atoms with Crippen LogP contribution in [0.15, 0.2) is 12.1 Å². The third kappa shape index (κ3) is 5.68. The Morgan fingerprint density at radius 1 is 0.765 bits per heavy atom. The maximum Gasteiger partial charge on any atom is 0.144 e. The van der Waals surface area contributed by atoms with Crippen LogP contribution in [0.1, 0.15) is 27.7 Å². The quantitative estimate of drug-likeness (QED) is 0.807. The molecule has 0 aliphatic rings. The second-order valence-corrected chi connectivity index (χ2v) is 2.72. The number of benzene rings is 1. The summed E-state index contributed by atoms with van der Waals surface area (Å²) in [4.78, 5) is 0. The fourth-order valence-corrected chi connectivity index (χ4v) is 1.23. The van der Waals surface area contributed by atoms with Crippen LogP contribution >= 0.6 is 11.6 Å². The number of hydrogen-bond acceptors (Lipinski definition) is 3. The van der Waals surface area contributed by atoms with Crippen molar-refractivity contribution in [3.63, 3.8) is 0 Å². The van der Waals surface area contributed by atoms with E-state index in [2.05, 4.69) is 0 Å². The number of methoxy groups -OCH3 is 3. The lowest BCUT2D eigenvalue weighted by atomic mass is 10.3. The molecule has 0 amide bonds. The van der Waals surface area contributed by atoms with Crippen LogP contribution in [0.4, 0.5) is 0 Å². The largest absolute Gasteiger partial charge is 0.496 e. The smallest absolute Gasteiger partial charge is 0.144 e. The van der Waals surface area contributed by atoms with Crippen LogP contribution in [-0.4, -0.2) is 21.3 Å². The Bertz CT molecular complexity index is 276. The van der Waals surface area contributed by atoms with E-state index in [1.165, 1.54) is 0 Å². The summed E-state index contributed by atoms with van der Waals surface area (Å²) >= 11 is 5.93. The molecule has 0 atom stereocenters. The predicted octanol–water partition coefficient (Wildman–Crippen LogP) is 4.42. The summed E-state index contributed by atoms with van der Waals surface area (Å²) in [7, 11) is 4.66. The molecule has 1 aromatic rings. The molecule has 0 radical (unpaired) electrons. The maximum absolute atomic E-state index is 5.93. The van der Waals surface area contributed by atoms with Crippen molar-refractivity contribution in [2.75, 3.05) is 21.3 Å². The zero-order chi connectivity index (χ0) is 13.8. The van der Waals surface area contributed by atoms with Crippen LogP contribution in [0.25, 0.3) is 0 Å². The number of hydrogen-bond donors (Lipinski definition) is 0. The molecule has 0 aliphatic heterocycles. The van der Waals surface area contributed by atoms with Gasteiger partial charge in [0.2, 0.25) is 0 Å². The minimum Gasteiger partial charge on any atom is -0.496 e. The van der Waals surface area contributed by atoms with E-state index in [0.29, 0.717) is 22.3 Å². The minimum atomic E-state index is 0.450. The third-order valence-corrected chi connectivity index (χ3v) is 2.03. The molecule has 1 rings (SSSR count). The predicted molar refractivity (Wildman–Crippen MR) is 73.8 cm³/mol. The zero-order valence-electron chi connectivity index (χ0n) is 11.8. The van der Waals surface area contributed by atoms with Crippen molar-refractivity contribution in [1.29, 1.82) is 0 Å². The van der Waals surface area contributed by atoms with Crippen molar-refractivity contribution >= 4 is 11.6 Å². The van der Waals surface area contributed by atoms with Gasteiger partial charge in [-0.15, -0.1) is 0 Å². The molecule has 4 heteroatoms. The van der Waals surface area contributed by atoms with Gasteiger partial charge in [-0.05, 0) is 0 Å². The Morgan fingerprint density at radius 2 is 1.12 bits per heavy atom. The Hall–Kier alpha value is -1.09. The van der Waals surface area contributed by atoms with Gasteiger partial charge < -0.3 is 14.2 Å². The molecule has 0 bridgehead atoms. The molecule has 17 heavy (non-hydrogen) atoms. The molecule has 0 aromatic heterocycles. The van der Waals surface area contributed by atoms with Crippen molar-refractivity contribution in [2.45, 2.75) is 27.7 Å². The Morgan fingerprint density at radius 3 is 1.35 bits per heavy atom. The molecule has 0 unspecified atom stereocenters. The third-order valence-electron chi connectivity index (χ3n) is 1.65. The molecule has 0 spiro atoms. The highest BCUT2D eigenvalue weighted by atomic mass is 35.5. The summed E-state index contributed by atoms with van der Waals surface area (Å²) < 4.78 is 15.1. The molecular formula is C13H23ClO3. The van der Waals surface area contributed by atoms with E-state index in [1.54, 1.807) is 33.5 Å². The van der Waals surface area contributed by atoms with Gasteiger partial charge in [0, 0.05) is 12.1 Å². The molecule has 3 nitrogen and oxygen atoms in total. The monoisotopic (exact) mass is 262 g/mol. The molecule has 100 valence electrons. The average Bonchev–Trinajstić information content (AvgIpc) is 2.43. The SMILES string of the molecule is CC.CC.COc1cc(OC)c(Cl)c(OC)c1. The zero-order valence-corrected chi connectivity index (χ0v) is 12.5. The molecule has 1 aromatic carbocycles. The van der Waals surface area contributed by atoms with Crippen LogP contribution in [0, 0.1) is 0 Å². The first kappa shape index (κ1) is 18.3. The van der Waals surface area contributed by atoms with Crippen LogP contribution in [0.3, 0.4) is 0 Å². The Kier molecular flexibility index (Phi) is 12.3. The Labute approximate surface area is 110 Å². The lowest BCUT2D eigenvalue weighted by Gasteiger charge is -2.09. The highest BCUT2D eigenvalue weighted by molar-refractivity contribution is 6.33. The van der Waals surface area contributed by atoms with E-state index in [-0.39, 0.29) is 0 Å². The van der Waals surface area contributed by atoms with Gasteiger partial charge in [0.25, 0.3) is 0 Å². The van der Waals surface area contributed by atoms with E-state index in [1.807, 2.05) is 27.7 Å². The van der Waals surface area contributed by atoms with Crippen LogP contribution in [0.2, 0.25) is 5.02 Å². The highest BCUT2D eigenvalue weighted by Gasteiger charge is 2.09. The first-order valence-electron chi connectivity index (χ1n) is 5.68. The molecule has 0 aliphatic carbocycles. The van der Waals surface area contributed by atoms with E-state index in [4.69, 9.17) is 25.8 Å². The normalized spacial score (nSPS) is 8.00. The van der Waals surface area contributed by atoms with E-state index >= 15 is 0 Å². The van der Waals surface area contributed by atoms with Gasteiger partial charge in [-0.3, -0.25) is 0 Å². The van der Waals surface area contributed by atoms with Gasteiger partial charge in [0.15, 0.2) is 0 Å². The van der Waals surface area contributed by atoms with Gasteiger partial charge in [-0.25, -0.2) is 0 Å². The minimum absolute atomic E-state index is 0.450. The lowest BCUT2D eigenvalue weighted by Crippen LogP contribution is -1.91. The lowest BCUT2D eigenvalue weighted by molar-refractivity contribution is 0.375. The van der Waals surface area contributed by atoms with E-state index in [0.717, 1.165) is 0 Å². The fraction of sp³-hybridized carbons (Fsp3) is 0.538. The van der Waals surface area contributed by atoms with Crippen molar-refractivity contribution in [3.05, 3.63) is 17.2 Å². The highest BCUT2D eigenvalue weighted by Crippen LogP contribution is 2.37. The maximum atomic E-state index is 5.93. The second-order valence-electron chi connectivity index (χ2n) is 2.35. The summed E-state index contributed by atoms with van der Waals surface area (Å²) in [5.41, 5.74) is 0. The molecule has 0 fully saturated rings.